The lowest BCUT2D eigenvalue weighted by molar-refractivity contribution is -0.142. The van der Waals surface area contributed by atoms with Crippen LogP contribution in [-0.4, -0.2) is 71.1 Å². The molecule has 1 saturated carbocycles. The smallest absolute Gasteiger partial charge is 0.245 e. The Bertz CT molecular complexity index is 1460. The molecule has 210 valence electrons. The third-order valence-electron chi connectivity index (χ3n) is 8.29. The molecule has 2 unspecified atom stereocenters. The molecule has 3 saturated heterocycles. The number of anilines is 2. The molecule has 1 aromatic heterocycles. The van der Waals surface area contributed by atoms with E-state index < -0.39 is 5.82 Å². The van der Waals surface area contributed by atoms with Crippen molar-refractivity contribution in [3.05, 3.63) is 59.1 Å². The summed E-state index contributed by atoms with van der Waals surface area (Å²) in [5.74, 6) is 1.30. The molecule has 8 nitrogen and oxygen atoms in total. The zero-order valence-electron chi connectivity index (χ0n) is 22.1. The second-order valence-corrected chi connectivity index (χ2v) is 11.5. The summed E-state index contributed by atoms with van der Waals surface area (Å²) in [7, 11) is 2.11. The largest absolute Gasteiger partial charge is 0.488 e. The summed E-state index contributed by atoms with van der Waals surface area (Å²) in [4.78, 5) is 25.1. The summed E-state index contributed by atoms with van der Waals surface area (Å²) in [5.41, 5.74) is 0.763. The first-order chi connectivity index (χ1) is 19.3. The Morgan fingerprint density at radius 3 is 2.75 bits per heavy atom. The van der Waals surface area contributed by atoms with Gasteiger partial charge in [-0.25, -0.2) is 14.4 Å². The number of likely N-dealkylation sites (tertiary alicyclic amines) is 1. The van der Waals surface area contributed by atoms with Gasteiger partial charge in [0.15, 0.2) is 17.3 Å². The lowest BCUT2D eigenvalue weighted by Crippen LogP contribution is -2.61. The molecule has 40 heavy (non-hydrogen) atoms. The van der Waals surface area contributed by atoms with Crippen molar-refractivity contribution in [2.45, 2.75) is 31.4 Å². The van der Waals surface area contributed by atoms with Crippen molar-refractivity contribution in [3.8, 4) is 11.5 Å². The molecule has 11 heteroatoms. The highest BCUT2D eigenvalue weighted by Crippen LogP contribution is 2.45. The summed E-state index contributed by atoms with van der Waals surface area (Å²) < 4.78 is 27.8. The SMILES string of the molecule is C=CC(=O)N1C[C@H]2C[C@@H](C1)C2Oc1cc2c(Nc3ccc(Cl)c(Cl)c3F)ncnc2cc1OCC1CCCN1C. The first-order valence-corrected chi connectivity index (χ1v) is 14.2. The Kier molecular flexibility index (Phi) is 7.46. The Morgan fingerprint density at radius 1 is 1.23 bits per heavy atom. The Balaban J connectivity index is 1.32. The lowest BCUT2D eigenvalue weighted by atomic mass is 9.68. The molecule has 3 aliphatic heterocycles. The third kappa shape index (κ3) is 5.06. The van der Waals surface area contributed by atoms with Crippen LogP contribution in [0.3, 0.4) is 0 Å². The van der Waals surface area contributed by atoms with Gasteiger partial charge in [-0.2, -0.15) is 0 Å². The molecule has 4 heterocycles. The predicted molar refractivity (Wildman–Crippen MR) is 153 cm³/mol. The number of benzene rings is 2. The van der Waals surface area contributed by atoms with E-state index in [1.807, 2.05) is 17.0 Å². The Labute approximate surface area is 242 Å². The minimum absolute atomic E-state index is 0.0450. The van der Waals surface area contributed by atoms with E-state index in [-0.39, 0.29) is 39.6 Å². The van der Waals surface area contributed by atoms with Crippen molar-refractivity contribution in [3.63, 3.8) is 0 Å². The van der Waals surface area contributed by atoms with Gasteiger partial charge in [-0.1, -0.05) is 29.8 Å². The summed E-state index contributed by atoms with van der Waals surface area (Å²) in [6, 6.07) is 7.05. The average Bonchev–Trinajstić information content (AvgIpc) is 3.38. The lowest BCUT2D eigenvalue weighted by Gasteiger charge is -2.52. The van der Waals surface area contributed by atoms with Gasteiger partial charge in [-0.15, -0.1) is 0 Å². The number of carbonyl (C=O) groups excluding carboxylic acids is 1. The molecule has 4 atom stereocenters. The number of amides is 1. The minimum atomic E-state index is -0.668. The second kappa shape index (κ2) is 11.0. The molecule has 4 aliphatic rings. The van der Waals surface area contributed by atoms with Crippen LogP contribution in [0.25, 0.3) is 10.9 Å². The zero-order valence-corrected chi connectivity index (χ0v) is 23.6. The number of ether oxygens (including phenoxy) is 2. The number of halogens is 3. The molecule has 0 radical (unpaired) electrons. The predicted octanol–water partition coefficient (Wildman–Crippen LogP) is 5.70. The van der Waals surface area contributed by atoms with Crippen LogP contribution in [0.5, 0.6) is 11.5 Å². The van der Waals surface area contributed by atoms with Crippen LogP contribution in [0.15, 0.2) is 43.2 Å². The molecular weight excluding hydrogens is 556 g/mol. The highest BCUT2D eigenvalue weighted by atomic mass is 35.5. The number of nitrogens with one attached hydrogen (secondary N) is 1. The number of carbonyl (C=O) groups is 1. The van der Waals surface area contributed by atoms with Gasteiger partial charge in [-0.3, -0.25) is 4.79 Å². The van der Waals surface area contributed by atoms with Gasteiger partial charge in [0.2, 0.25) is 5.91 Å². The topological polar surface area (TPSA) is 79.8 Å². The fraction of sp³-hybridized carbons (Fsp3) is 0.414. The van der Waals surface area contributed by atoms with Gasteiger partial charge in [0.25, 0.3) is 0 Å². The van der Waals surface area contributed by atoms with E-state index in [9.17, 15) is 9.18 Å². The molecule has 1 aliphatic carbocycles. The number of likely N-dealkylation sites (N-methyl/N-ethyl adjacent to an activating group) is 1. The normalized spacial score (nSPS) is 24.1. The third-order valence-corrected chi connectivity index (χ3v) is 9.07. The molecule has 1 amide bonds. The number of piperidine rings is 2. The summed E-state index contributed by atoms with van der Waals surface area (Å²) in [5, 5.41) is 3.63. The highest BCUT2D eigenvalue weighted by molar-refractivity contribution is 6.42. The van der Waals surface area contributed by atoms with Crippen LogP contribution in [0.4, 0.5) is 15.9 Å². The van der Waals surface area contributed by atoms with E-state index in [4.69, 9.17) is 32.7 Å². The van der Waals surface area contributed by atoms with E-state index in [0.717, 1.165) is 25.8 Å². The minimum Gasteiger partial charge on any atom is -0.488 e. The number of nitrogens with zero attached hydrogens (tertiary/aromatic N) is 4. The molecule has 1 N–H and O–H groups in total. The van der Waals surface area contributed by atoms with E-state index in [0.29, 0.717) is 54.0 Å². The first kappa shape index (κ1) is 27.1. The molecule has 7 rings (SSSR count). The van der Waals surface area contributed by atoms with Crippen LogP contribution in [0.2, 0.25) is 10.0 Å². The molecule has 4 fully saturated rings. The maximum atomic E-state index is 14.8. The van der Waals surface area contributed by atoms with Crippen molar-refractivity contribution in [2.24, 2.45) is 11.8 Å². The summed E-state index contributed by atoms with van der Waals surface area (Å²) in [6.45, 7) is 6.46. The quantitative estimate of drug-likeness (QED) is 0.268. The fourth-order valence-corrected chi connectivity index (χ4v) is 6.30. The van der Waals surface area contributed by atoms with E-state index >= 15 is 0 Å². The zero-order chi connectivity index (χ0) is 28.0. The molecular formula is C29H30Cl2FN5O3. The molecule has 2 aromatic carbocycles. The van der Waals surface area contributed by atoms with E-state index in [2.05, 4.69) is 33.8 Å². The molecule has 3 aromatic rings. The number of hydrogen-bond acceptors (Lipinski definition) is 7. The van der Waals surface area contributed by atoms with Gasteiger partial charge in [0.05, 0.1) is 21.2 Å². The van der Waals surface area contributed by atoms with Crippen molar-refractivity contribution in [1.82, 2.24) is 19.8 Å². The van der Waals surface area contributed by atoms with Crippen LogP contribution in [0, 0.1) is 17.7 Å². The summed E-state index contributed by atoms with van der Waals surface area (Å²) >= 11 is 12.0. The Hall–Kier alpha value is -3.14. The van der Waals surface area contributed by atoms with E-state index in [1.54, 1.807) is 0 Å². The summed E-state index contributed by atoms with van der Waals surface area (Å²) in [6.07, 6.45) is 5.96. The molecule has 2 bridgehead atoms. The van der Waals surface area contributed by atoms with Gasteiger partial charge < -0.3 is 24.6 Å². The van der Waals surface area contributed by atoms with Crippen LogP contribution < -0.4 is 14.8 Å². The van der Waals surface area contributed by atoms with Crippen LogP contribution in [0.1, 0.15) is 19.3 Å². The number of hydrogen-bond donors (Lipinski definition) is 1. The first-order valence-electron chi connectivity index (χ1n) is 13.4. The molecule has 0 spiro atoms. The van der Waals surface area contributed by atoms with Crippen LogP contribution in [-0.2, 0) is 4.79 Å². The number of aromatic nitrogens is 2. The van der Waals surface area contributed by atoms with Crippen molar-refractivity contribution >= 4 is 51.5 Å². The number of fused-ring (bicyclic) bond motifs is 3. The van der Waals surface area contributed by atoms with Crippen LogP contribution >= 0.6 is 23.2 Å². The maximum absolute atomic E-state index is 14.8. The standard InChI is InChI=1S/C29H30Cl2FN5O3/c1-3-25(38)37-12-16-9-17(13-37)28(16)40-24-10-19-22(11-23(24)39-14-18-5-4-8-36(18)2)33-15-34-29(19)35-21-7-6-20(30)26(31)27(21)32/h3,6-7,10-11,15-18,28H,1,4-5,8-9,12-14H2,2H3,(H,33,34,35)/t16-,17+,18?,28?. The van der Waals surface area contributed by atoms with E-state index in [1.165, 1.54) is 24.5 Å². The van der Waals surface area contributed by atoms with Gasteiger partial charge in [-0.05, 0) is 57.1 Å². The van der Waals surface area contributed by atoms with Crippen molar-refractivity contribution in [2.75, 3.05) is 38.6 Å². The average molecular weight is 586 g/mol. The monoisotopic (exact) mass is 585 g/mol. The second-order valence-electron chi connectivity index (χ2n) is 10.8. The number of rotatable bonds is 8. The maximum Gasteiger partial charge on any atom is 0.245 e. The van der Waals surface area contributed by atoms with Crippen molar-refractivity contribution < 1.29 is 18.7 Å². The fourth-order valence-electron chi connectivity index (χ4n) is 5.99. The van der Waals surface area contributed by atoms with Gasteiger partial charge in [0.1, 0.15) is 24.9 Å². The Morgan fingerprint density at radius 2 is 2.02 bits per heavy atom. The van der Waals surface area contributed by atoms with Gasteiger partial charge >= 0.3 is 0 Å². The highest BCUT2D eigenvalue weighted by Gasteiger charge is 2.49. The van der Waals surface area contributed by atoms with Gasteiger partial charge in [0, 0.05) is 42.4 Å². The van der Waals surface area contributed by atoms with Crippen molar-refractivity contribution in [1.29, 1.82) is 0 Å².